The zero-order valence-corrected chi connectivity index (χ0v) is 12.0. The molecule has 2 aromatic rings. The topological polar surface area (TPSA) is 86.0 Å². The largest absolute Gasteiger partial charge is 0.481 e. The molecule has 6 nitrogen and oxygen atoms in total. The van der Waals surface area contributed by atoms with Crippen molar-refractivity contribution in [3.05, 3.63) is 35.3 Å². The van der Waals surface area contributed by atoms with Crippen LogP contribution in [0.2, 0.25) is 0 Å². The van der Waals surface area contributed by atoms with Gasteiger partial charge in [-0.25, -0.2) is 15.0 Å². The van der Waals surface area contributed by atoms with Crippen LogP contribution in [-0.4, -0.2) is 22.1 Å². The van der Waals surface area contributed by atoms with Crippen LogP contribution in [0.3, 0.4) is 0 Å². The number of pyridine rings is 1. The molecule has 0 saturated carbocycles. The number of rotatable bonds is 5. The van der Waals surface area contributed by atoms with Crippen LogP contribution in [0.1, 0.15) is 23.9 Å². The van der Waals surface area contributed by atoms with Gasteiger partial charge in [0, 0.05) is 30.8 Å². The average molecular weight is 273 g/mol. The third-order valence-electron chi connectivity index (χ3n) is 3.01. The molecular weight excluding hydrogens is 254 g/mol. The van der Waals surface area contributed by atoms with Crippen molar-refractivity contribution in [2.75, 3.05) is 18.2 Å². The molecule has 2 rings (SSSR count). The summed E-state index contributed by atoms with van der Waals surface area (Å²) in [7, 11) is 1.60. The van der Waals surface area contributed by atoms with Gasteiger partial charge in [0.1, 0.15) is 17.5 Å². The van der Waals surface area contributed by atoms with Crippen LogP contribution < -0.4 is 15.8 Å². The number of aryl methyl sites for hydroxylation is 1. The highest BCUT2D eigenvalue weighted by Gasteiger charge is 2.07. The summed E-state index contributed by atoms with van der Waals surface area (Å²) in [6.07, 6.45) is 2.52. The minimum atomic E-state index is 0.521. The number of ether oxygens (including phenoxy) is 1. The third-order valence-corrected chi connectivity index (χ3v) is 3.01. The van der Waals surface area contributed by atoms with Gasteiger partial charge >= 0.3 is 0 Å². The lowest BCUT2D eigenvalue weighted by Gasteiger charge is -2.11. The number of methoxy groups -OCH3 is 1. The summed E-state index contributed by atoms with van der Waals surface area (Å²) in [5.41, 5.74) is 7.79. The molecule has 0 amide bonds. The van der Waals surface area contributed by atoms with Crippen molar-refractivity contribution in [1.29, 1.82) is 0 Å². The van der Waals surface area contributed by atoms with Crippen molar-refractivity contribution in [3.8, 4) is 5.88 Å². The maximum Gasteiger partial charge on any atom is 0.212 e. The lowest BCUT2D eigenvalue weighted by atomic mass is 10.2. The van der Waals surface area contributed by atoms with Crippen LogP contribution in [0.5, 0.6) is 5.88 Å². The molecule has 0 bridgehead atoms. The maximum absolute atomic E-state index is 5.88. The van der Waals surface area contributed by atoms with Gasteiger partial charge < -0.3 is 15.8 Å². The van der Waals surface area contributed by atoms with E-state index in [1.165, 1.54) is 0 Å². The van der Waals surface area contributed by atoms with Crippen molar-refractivity contribution < 1.29 is 4.74 Å². The van der Waals surface area contributed by atoms with Crippen LogP contribution in [0.15, 0.2) is 18.3 Å². The van der Waals surface area contributed by atoms with Crippen LogP contribution in [0.4, 0.5) is 11.6 Å². The van der Waals surface area contributed by atoms with Gasteiger partial charge in [0.05, 0.1) is 7.11 Å². The lowest BCUT2D eigenvalue weighted by molar-refractivity contribution is 0.397. The Bertz CT molecular complexity index is 583. The Kier molecular flexibility index (Phi) is 4.34. The van der Waals surface area contributed by atoms with Crippen LogP contribution >= 0.6 is 0 Å². The van der Waals surface area contributed by atoms with Crippen molar-refractivity contribution in [2.45, 2.75) is 26.8 Å². The first kappa shape index (κ1) is 14.0. The highest BCUT2D eigenvalue weighted by molar-refractivity contribution is 5.54. The second-order valence-corrected chi connectivity index (χ2v) is 4.41. The molecule has 0 aliphatic heterocycles. The molecule has 0 aromatic carbocycles. The van der Waals surface area contributed by atoms with Crippen LogP contribution in [-0.2, 0) is 13.0 Å². The van der Waals surface area contributed by atoms with E-state index in [-0.39, 0.29) is 0 Å². The SMILES string of the molecule is CCc1nc(N)c(C)c(NCc2ccc(OC)nc2)n1. The summed E-state index contributed by atoms with van der Waals surface area (Å²) < 4.78 is 5.03. The summed E-state index contributed by atoms with van der Waals surface area (Å²) in [6.45, 7) is 4.53. The smallest absolute Gasteiger partial charge is 0.212 e. The number of hydrogen-bond acceptors (Lipinski definition) is 6. The zero-order chi connectivity index (χ0) is 14.5. The van der Waals surface area contributed by atoms with Crippen LogP contribution in [0, 0.1) is 6.92 Å². The van der Waals surface area contributed by atoms with Gasteiger partial charge in [-0.05, 0) is 12.5 Å². The van der Waals surface area contributed by atoms with E-state index < -0.39 is 0 Å². The minimum Gasteiger partial charge on any atom is -0.481 e. The first-order chi connectivity index (χ1) is 9.63. The summed E-state index contributed by atoms with van der Waals surface area (Å²) in [5.74, 6) is 2.63. The number of nitrogens with one attached hydrogen (secondary N) is 1. The van der Waals surface area contributed by atoms with E-state index in [1.54, 1.807) is 13.3 Å². The third kappa shape index (κ3) is 3.14. The van der Waals surface area contributed by atoms with E-state index >= 15 is 0 Å². The molecule has 2 heterocycles. The molecule has 2 aromatic heterocycles. The molecular formula is C14H19N5O. The van der Waals surface area contributed by atoms with Gasteiger partial charge in [0.15, 0.2) is 0 Å². The summed E-state index contributed by atoms with van der Waals surface area (Å²) in [5, 5.41) is 3.27. The predicted molar refractivity (Wildman–Crippen MR) is 78.7 cm³/mol. The molecule has 0 aliphatic rings. The number of nitrogens with two attached hydrogens (primary N) is 1. The van der Waals surface area contributed by atoms with Gasteiger partial charge in [0.2, 0.25) is 5.88 Å². The Balaban J connectivity index is 2.11. The van der Waals surface area contributed by atoms with Gasteiger partial charge in [-0.15, -0.1) is 0 Å². The second kappa shape index (κ2) is 6.18. The minimum absolute atomic E-state index is 0.521. The molecule has 106 valence electrons. The molecule has 0 unspecified atom stereocenters. The van der Waals surface area contributed by atoms with Crippen molar-refractivity contribution in [2.24, 2.45) is 0 Å². The van der Waals surface area contributed by atoms with E-state index in [0.29, 0.717) is 18.2 Å². The number of hydrogen-bond donors (Lipinski definition) is 2. The number of nitrogens with zero attached hydrogens (tertiary/aromatic N) is 3. The van der Waals surface area contributed by atoms with Gasteiger partial charge in [-0.3, -0.25) is 0 Å². The number of aromatic nitrogens is 3. The average Bonchev–Trinajstić information content (AvgIpc) is 2.49. The van der Waals surface area contributed by atoms with E-state index in [1.807, 2.05) is 26.0 Å². The maximum atomic E-state index is 5.88. The van der Waals surface area contributed by atoms with Gasteiger partial charge in [0.25, 0.3) is 0 Å². The number of nitrogen functional groups attached to an aromatic ring is 1. The molecule has 0 radical (unpaired) electrons. The fraction of sp³-hybridized carbons (Fsp3) is 0.357. The summed E-state index contributed by atoms with van der Waals surface area (Å²) in [6, 6.07) is 3.79. The van der Waals surface area contributed by atoms with Crippen molar-refractivity contribution >= 4 is 11.6 Å². The molecule has 0 spiro atoms. The number of anilines is 2. The van der Waals surface area contributed by atoms with E-state index in [0.717, 1.165) is 29.2 Å². The zero-order valence-electron chi connectivity index (χ0n) is 12.0. The molecule has 20 heavy (non-hydrogen) atoms. The molecule has 3 N–H and O–H groups in total. The first-order valence-electron chi connectivity index (χ1n) is 6.49. The van der Waals surface area contributed by atoms with E-state index in [4.69, 9.17) is 10.5 Å². The van der Waals surface area contributed by atoms with E-state index in [2.05, 4.69) is 20.3 Å². The lowest BCUT2D eigenvalue weighted by Crippen LogP contribution is -2.09. The van der Waals surface area contributed by atoms with E-state index in [9.17, 15) is 0 Å². The normalized spacial score (nSPS) is 10.3. The molecule has 0 fully saturated rings. The Hall–Kier alpha value is -2.37. The monoisotopic (exact) mass is 273 g/mol. The highest BCUT2D eigenvalue weighted by Crippen LogP contribution is 2.18. The van der Waals surface area contributed by atoms with Crippen molar-refractivity contribution in [1.82, 2.24) is 15.0 Å². The predicted octanol–water partition coefficient (Wildman–Crippen LogP) is 1.95. The van der Waals surface area contributed by atoms with Gasteiger partial charge in [-0.1, -0.05) is 13.0 Å². The molecule has 0 atom stereocenters. The Morgan fingerprint density at radius 1 is 1.30 bits per heavy atom. The van der Waals surface area contributed by atoms with Crippen molar-refractivity contribution in [3.63, 3.8) is 0 Å². The molecule has 0 aliphatic carbocycles. The Morgan fingerprint density at radius 3 is 2.70 bits per heavy atom. The Morgan fingerprint density at radius 2 is 2.10 bits per heavy atom. The first-order valence-corrected chi connectivity index (χ1v) is 6.49. The summed E-state index contributed by atoms with van der Waals surface area (Å²) in [4.78, 5) is 12.8. The fourth-order valence-electron chi connectivity index (χ4n) is 1.73. The van der Waals surface area contributed by atoms with Crippen LogP contribution in [0.25, 0.3) is 0 Å². The summed E-state index contributed by atoms with van der Waals surface area (Å²) >= 11 is 0. The molecule has 0 saturated heterocycles. The van der Waals surface area contributed by atoms with Gasteiger partial charge in [-0.2, -0.15) is 0 Å². The molecule has 6 heteroatoms. The Labute approximate surface area is 118 Å². The quantitative estimate of drug-likeness (QED) is 0.866. The second-order valence-electron chi connectivity index (χ2n) is 4.41. The standard InChI is InChI=1S/C14H19N5O/c1-4-11-18-13(15)9(2)14(19-11)17-8-10-5-6-12(20-3)16-7-10/h5-7H,4,8H2,1-3H3,(H3,15,17,18,19). The highest BCUT2D eigenvalue weighted by atomic mass is 16.5. The fourth-order valence-corrected chi connectivity index (χ4v) is 1.73.